The molecule has 0 aliphatic rings. The Kier molecular flexibility index (Phi) is 5.14. The van der Waals surface area contributed by atoms with E-state index < -0.39 is 0 Å². The second kappa shape index (κ2) is 8.27. The fourth-order valence-corrected chi connectivity index (χ4v) is 3.77. The van der Waals surface area contributed by atoms with Crippen molar-refractivity contribution in [1.29, 1.82) is 0 Å². The van der Waals surface area contributed by atoms with E-state index in [9.17, 15) is 4.79 Å². The molecule has 3 aromatic heterocycles. The molecule has 0 atom stereocenters. The number of aryl methyl sites for hydroxylation is 1. The number of fused-ring (bicyclic) bond motifs is 1. The fourth-order valence-electron chi connectivity index (χ4n) is 3.77. The van der Waals surface area contributed by atoms with Crippen LogP contribution >= 0.6 is 0 Å². The summed E-state index contributed by atoms with van der Waals surface area (Å²) in [4.78, 5) is 23.2. The molecule has 0 aliphatic carbocycles. The van der Waals surface area contributed by atoms with Gasteiger partial charge in [0.2, 0.25) is 0 Å². The summed E-state index contributed by atoms with van der Waals surface area (Å²) in [6, 6.07) is 19.3. The lowest BCUT2D eigenvalue weighted by Crippen LogP contribution is -2.26. The molecule has 33 heavy (non-hydrogen) atoms. The Morgan fingerprint density at radius 1 is 1.00 bits per heavy atom. The van der Waals surface area contributed by atoms with Crippen molar-refractivity contribution in [2.24, 2.45) is 0 Å². The Morgan fingerprint density at radius 3 is 2.48 bits per heavy atom. The van der Waals surface area contributed by atoms with E-state index in [-0.39, 0.29) is 6.03 Å². The molecule has 3 heterocycles. The predicted molar refractivity (Wildman–Crippen MR) is 126 cm³/mol. The van der Waals surface area contributed by atoms with Crippen LogP contribution in [0.5, 0.6) is 11.5 Å². The van der Waals surface area contributed by atoms with Gasteiger partial charge in [-0.3, -0.25) is 4.57 Å². The molecule has 5 aromatic rings. The summed E-state index contributed by atoms with van der Waals surface area (Å²) < 4.78 is 13.3. The van der Waals surface area contributed by atoms with E-state index >= 15 is 0 Å². The molecule has 0 saturated heterocycles. The van der Waals surface area contributed by atoms with Crippen LogP contribution in [0.25, 0.3) is 33.5 Å². The van der Waals surface area contributed by atoms with Crippen molar-refractivity contribution in [1.82, 2.24) is 19.4 Å². The molecular weight excluding hydrogens is 416 g/mol. The van der Waals surface area contributed by atoms with E-state index in [1.54, 1.807) is 26.5 Å². The van der Waals surface area contributed by atoms with Gasteiger partial charge in [-0.05, 0) is 31.2 Å². The van der Waals surface area contributed by atoms with Crippen molar-refractivity contribution < 1.29 is 13.9 Å². The molecule has 7 heteroatoms. The number of ether oxygens (including phenoxy) is 1. The molecule has 0 radical (unpaired) electrons. The highest BCUT2D eigenvalue weighted by atomic mass is 16.5. The van der Waals surface area contributed by atoms with Crippen molar-refractivity contribution in [3.8, 4) is 33.9 Å². The standard InChI is InChI=1S/C26H22N4O3/c1-17-24(32-16-28-17)22-15-30(26(31)29(2)3)25-21(22)13-18(14-27-25)20-11-7-8-12-23(20)33-19-9-5-4-6-10-19/h4-16H,1-3H3. The number of carbonyl (C=O) groups excluding carboxylic acids is 1. The second-order valence-corrected chi connectivity index (χ2v) is 7.86. The maximum atomic E-state index is 12.8. The van der Waals surface area contributed by atoms with E-state index in [0.29, 0.717) is 17.2 Å². The molecule has 1 amide bonds. The summed E-state index contributed by atoms with van der Waals surface area (Å²) in [5.74, 6) is 2.07. The molecule has 0 bridgehead atoms. The third-order valence-electron chi connectivity index (χ3n) is 5.39. The SMILES string of the molecule is Cc1ncoc1-c1cn(C(=O)N(C)C)c2ncc(-c3ccccc3Oc3ccccc3)cc12. The summed E-state index contributed by atoms with van der Waals surface area (Å²) in [5.41, 5.74) is 3.80. The molecule has 0 spiro atoms. The van der Waals surface area contributed by atoms with E-state index in [4.69, 9.17) is 9.15 Å². The average molecular weight is 438 g/mol. The molecule has 5 rings (SSSR count). The van der Waals surface area contributed by atoms with E-state index in [1.807, 2.05) is 67.6 Å². The third-order valence-corrected chi connectivity index (χ3v) is 5.39. The summed E-state index contributed by atoms with van der Waals surface area (Å²) in [5, 5.41) is 0.789. The van der Waals surface area contributed by atoms with Gasteiger partial charge in [0.15, 0.2) is 12.2 Å². The summed E-state index contributed by atoms with van der Waals surface area (Å²) in [6.45, 7) is 1.87. The van der Waals surface area contributed by atoms with Crippen LogP contribution in [0.3, 0.4) is 0 Å². The normalized spacial score (nSPS) is 11.0. The minimum Gasteiger partial charge on any atom is -0.457 e. The summed E-state index contributed by atoms with van der Waals surface area (Å²) in [7, 11) is 3.41. The largest absolute Gasteiger partial charge is 0.457 e. The van der Waals surface area contributed by atoms with Gasteiger partial charge in [-0.1, -0.05) is 36.4 Å². The van der Waals surface area contributed by atoms with Crippen molar-refractivity contribution >= 4 is 17.1 Å². The van der Waals surface area contributed by atoms with Crippen LogP contribution in [-0.4, -0.2) is 39.6 Å². The average Bonchev–Trinajstić information content (AvgIpc) is 3.42. The van der Waals surface area contributed by atoms with Gasteiger partial charge in [-0.25, -0.2) is 14.8 Å². The zero-order valence-electron chi connectivity index (χ0n) is 18.5. The number of hydrogen-bond donors (Lipinski definition) is 0. The number of oxazole rings is 1. The monoisotopic (exact) mass is 438 g/mol. The third kappa shape index (κ3) is 3.74. The Bertz CT molecular complexity index is 1450. The van der Waals surface area contributed by atoms with Gasteiger partial charge in [0.05, 0.1) is 5.69 Å². The first-order valence-electron chi connectivity index (χ1n) is 10.5. The quantitative estimate of drug-likeness (QED) is 0.345. The number of hydrogen-bond acceptors (Lipinski definition) is 5. The summed E-state index contributed by atoms with van der Waals surface area (Å²) in [6.07, 6.45) is 4.91. The molecule has 0 fully saturated rings. The van der Waals surface area contributed by atoms with Crippen LogP contribution in [0.2, 0.25) is 0 Å². The smallest absolute Gasteiger partial charge is 0.329 e. The lowest BCUT2D eigenvalue weighted by atomic mass is 10.0. The van der Waals surface area contributed by atoms with E-state index in [0.717, 1.165) is 33.5 Å². The maximum absolute atomic E-state index is 12.8. The topological polar surface area (TPSA) is 73.4 Å². The van der Waals surface area contributed by atoms with E-state index in [2.05, 4.69) is 9.97 Å². The number of rotatable bonds is 4. The van der Waals surface area contributed by atoms with Crippen molar-refractivity contribution in [3.63, 3.8) is 0 Å². The first-order valence-corrected chi connectivity index (χ1v) is 10.5. The van der Waals surface area contributed by atoms with Crippen LogP contribution in [0.1, 0.15) is 5.69 Å². The molecule has 164 valence electrons. The van der Waals surface area contributed by atoms with Crippen molar-refractivity contribution in [3.05, 3.63) is 85.1 Å². The number of para-hydroxylation sites is 2. The van der Waals surface area contributed by atoms with Gasteiger partial charge in [-0.15, -0.1) is 0 Å². The van der Waals surface area contributed by atoms with Gasteiger partial charge in [0.1, 0.15) is 17.1 Å². The zero-order valence-corrected chi connectivity index (χ0v) is 18.5. The molecule has 0 saturated carbocycles. The Morgan fingerprint density at radius 2 is 1.76 bits per heavy atom. The minimum absolute atomic E-state index is 0.198. The first kappa shape index (κ1) is 20.5. The Labute approximate surface area is 190 Å². The highest BCUT2D eigenvalue weighted by Crippen LogP contribution is 2.37. The molecule has 0 aliphatic heterocycles. The minimum atomic E-state index is -0.198. The number of benzene rings is 2. The highest BCUT2D eigenvalue weighted by Gasteiger charge is 2.21. The van der Waals surface area contributed by atoms with Gasteiger partial charge in [0.25, 0.3) is 0 Å². The Hall–Kier alpha value is -4.39. The molecular formula is C26H22N4O3. The lowest BCUT2D eigenvalue weighted by molar-refractivity contribution is 0.220. The first-order chi connectivity index (χ1) is 16.0. The molecule has 7 nitrogen and oxygen atoms in total. The number of carbonyl (C=O) groups is 1. The zero-order chi connectivity index (χ0) is 22.9. The van der Waals surface area contributed by atoms with E-state index in [1.165, 1.54) is 15.9 Å². The number of nitrogens with zero attached hydrogens (tertiary/aromatic N) is 4. The number of aromatic nitrogens is 3. The highest BCUT2D eigenvalue weighted by molar-refractivity contribution is 6.00. The molecule has 0 unspecified atom stereocenters. The van der Waals surface area contributed by atoms with Crippen LogP contribution in [0, 0.1) is 6.92 Å². The van der Waals surface area contributed by atoms with Gasteiger partial charge in [0, 0.05) is 48.6 Å². The number of pyridine rings is 1. The van der Waals surface area contributed by atoms with Gasteiger partial charge in [-0.2, -0.15) is 0 Å². The van der Waals surface area contributed by atoms with Crippen LogP contribution < -0.4 is 4.74 Å². The van der Waals surface area contributed by atoms with Crippen LogP contribution in [-0.2, 0) is 0 Å². The van der Waals surface area contributed by atoms with Crippen LogP contribution in [0.4, 0.5) is 4.79 Å². The summed E-state index contributed by atoms with van der Waals surface area (Å²) >= 11 is 0. The van der Waals surface area contributed by atoms with Gasteiger partial charge < -0.3 is 14.1 Å². The fraction of sp³-hybridized carbons (Fsp3) is 0.115. The predicted octanol–water partition coefficient (Wildman–Crippen LogP) is 5.99. The van der Waals surface area contributed by atoms with Crippen molar-refractivity contribution in [2.75, 3.05) is 14.1 Å². The molecule has 0 N–H and O–H groups in total. The number of amides is 1. The Balaban J connectivity index is 1.68. The lowest BCUT2D eigenvalue weighted by Gasteiger charge is -2.12. The second-order valence-electron chi connectivity index (χ2n) is 7.86. The maximum Gasteiger partial charge on any atom is 0.329 e. The molecule has 2 aromatic carbocycles. The van der Waals surface area contributed by atoms with Gasteiger partial charge >= 0.3 is 6.03 Å². The van der Waals surface area contributed by atoms with Crippen LogP contribution in [0.15, 0.2) is 83.9 Å². The van der Waals surface area contributed by atoms with Crippen molar-refractivity contribution in [2.45, 2.75) is 6.92 Å².